The Morgan fingerprint density at radius 2 is 2.33 bits per heavy atom. The number of thiazole rings is 1. The molecule has 0 spiro atoms. The first-order chi connectivity index (χ1) is 10.6. The summed E-state index contributed by atoms with van der Waals surface area (Å²) < 4.78 is 28.6. The second-order valence-electron chi connectivity index (χ2n) is 3.92. The summed E-state index contributed by atoms with van der Waals surface area (Å²) in [7, 11) is 1.42. The zero-order valence-electron chi connectivity index (χ0n) is 11.7. The van der Waals surface area contributed by atoms with Crippen LogP contribution in [0.15, 0.2) is 28.6 Å². The van der Waals surface area contributed by atoms with Crippen molar-refractivity contribution in [3.05, 3.63) is 45.7 Å². The Morgan fingerprint density at radius 3 is 3.00 bits per heavy atom. The summed E-state index contributed by atoms with van der Waals surface area (Å²) in [5.41, 5.74) is -0.506. The number of ether oxygens (including phenoxy) is 1. The molecule has 3 aromatic rings. The van der Waals surface area contributed by atoms with Crippen LogP contribution in [0.5, 0.6) is 5.19 Å². The third-order valence-corrected chi connectivity index (χ3v) is 3.24. The van der Waals surface area contributed by atoms with Gasteiger partial charge in [-0.15, -0.1) is 4.68 Å². The molecule has 8 nitrogen and oxygen atoms in total. The van der Waals surface area contributed by atoms with Crippen LogP contribution in [0, 0.1) is 5.82 Å². The van der Waals surface area contributed by atoms with Gasteiger partial charge in [0.25, 0.3) is 5.19 Å². The van der Waals surface area contributed by atoms with Crippen molar-refractivity contribution in [2.75, 3.05) is 0 Å². The van der Waals surface area contributed by atoms with E-state index >= 15 is 0 Å². The van der Waals surface area contributed by atoms with Gasteiger partial charge in [-0.1, -0.05) is 11.3 Å². The molecule has 3 rings (SSSR count). The van der Waals surface area contributed by atoms with E-state index in [1.54, 1.807) is 0 Å². The van der Waals surface area contributed by atoms with E-state index in [-0.39, 0.29) is 29.4 Å². The minimum atomic E-state index is -0.592. The van der Waals surface area contributed by atoms with Crippen LogP contribution in [0.2, 0.25) is 0 Å². The molecule has 0 aromatic carbocycles. The molecule has 10 heteroatoms. The topological polar surface area (TPSA) is 87.7 Å². The molecule has 0 N–H and O–H groups in total. The largest absolute Gasteiger partial charge is 0.465 e. The van der Waals surface area contributed by atoms with Gasteiger partial charge in [0.2, 0.25) is 0 Å². The Morgan fingerprint density at radius 1 is 1.48 bits per heavy atom. The Hall–Kier alpha value is -2.62. The first-order valence-corrected chi connectivity index (χ1v) is 6.62. The number of halogens is 1. The number of pyridine rings is 1. The van der Waals surface area contributed by atoms with E-state index < -0.39 is 11.5 Å². The van der Waals surface area contributed by atoms with Crippen molar-refractivity contribution < 1.29 is 10.5 Å². The van der Waals surface area contributed by atoms with E-state index in [2.05, 4.69) is 20.4 Å². The van der Waals surface area contributed by atoms with Gasteiger partial charge in [-0.25, -0.2) is 19.2 Å². The molecule has 108 valence electrons. The molecule has 0 amide bonds. The van der Waals surface area contributed by atoms with Gasteiger partial charge in [0, 0.05) is 24.8 Å². The van der Waals surface area contributed by atoms with E-state index in [9.17, 15) is 9.18 Å². The summed E-state index contributed by atoms with van der Waals surface area (Å²) in [5.74, 6) is -0.592. The molecule has 3 heterocycles. The first-order valence-electron chi connectivity index (χ1n) is 6.24. The molecule has 0 saturated heterocycles. The van der Waals surface area contributed by atoms with E-state index in [0.717, 1.165) is 26.8 Å². The molecule has 3 aromatic heterocycles. The SMILES string of the molecule is [3H]c1csc(OCc2c(F)ccnc2-n2nnn(C)c2=O)n1. The number of hydrogen-bond donors (Lipinski definition) is 0. The second kappa shape index (κ2) is 5.40. The molecular weight excluding hydrogens is 299 g/mol. The van der Waals surface area contributed by atoms with Crippen LogP contribution in [0.4, 0.5) is 4.39 Å². The lowest BCUT2D eigenvalue weighted by Crippen LogP contribution is -2.24. The number of rotatable bonds is 4. The summed E-state index contributed by atoms with van der Waals surface area (Å²) in [6, 6.07) is 1.15. The minimum Gasteiger partial charge on any atom is -0.465 e. The van der Waals surface area contributed by atoms with E-state index in [0.29, 0.717) is 0 Å². The molecule has 0 unspecified atom stereocenters. The fourth-order valence-electron chi connectivity index (χ4n) is 1.60. The van der Waals surface area contributed by atoms with Gasteiger partial charge in [-0.2, -0.15) is 4.68 Å². The smallest absolute Gasteiger partial charge is 0.369 e. The lowest BCUT2D eigenvalue weighted by Gasteiger charge is -2.08. The predicted octanol–water partition coefficient (Wildman–Crippen LogP) is 0.536. The zero-order valence-corrected chi connectivity index (χ0v) is 11.5. The molecule has 0 aliphatic heterocycles. The quantitative estimate of drug-likeness (QED) is 0.699. The molecule has 0 bridgehead atoms. The first kappa shape index (κ1) is 12.1. The zero-order chi connectivity index (χ0) is 15.7. The van der Waals surface area contributed by atoms with E-state index in [1.807, 2.05) is 0 Å². The van der Waals surface area contributed by atoms with Crippen molar-refractivity contribution in [3.8, 4) is 11.0 Å². The van der Waals surface area contributed by atoms with Crippen molar-refractivity contribution in [1.82, 2.24) is 29.8 Å². The third-order valence-electron chi connectivity index (χ3n) is 2.61. The molecule has 0 fully saturated rings. The maximum absolute atomic E-state index is 14.0. The monoisotopic (exact) mass is 310 g/mol. The lowest BCUT2D eigenvalue weighted by molar-refractivity contribution is 0.296. The van der Waals surface area contributed by atoms with Gasteiger partial charge in [0.1, 0.15) is 12.4 Å². The van der Waals surface area contributed by atoms with Crippen LogP contribution in [-0.4, -0.2) is 29.8 Å². The van der Waals surface area contributed by atoms with Crippen LogP contribution < -0.4 is 10.4 Å². The molecule has 0 aliphatic rings. The van der Waals surface area contributed by atoms with Gasteiger partial charge in [-0.3, -0.25) is 0 Å². The molecule has 0 atom stereocenters. The third kappa shape index (κ3) is 2.52. The van der Waals surface area contributed by atoms with Crippen molar-refractivity contribution in [2.24, 2.45) is 7.05 Å². The Labute approximate surface area is 122 Å². The highest BCUT2D eigenvalue weighted by atomic mass is 32.1. The normalized spacial score (nSPS) is 11.4. The summed E-state index contributed by atoms with van der Waals surface area (Å²) in [5, 5.41) is 8.92. The van der Waals surface area contributed by atoms with Gasteiger partial charge < -0.3 is 4.74 Å². The van der Waals surface area contributed by atoms with Crippen LogP contribution in [0.1, 0.15) is 6.93 Å². The van der Waals surface area contributed by atoms with Crippen molar-refractivity contribution in [1.29, 1.82) is 0 Å². The summed E-state index contributed by atoms with van der Waals surface area (Å²) in [6.45, 7) is -0.203. The Balaban J connectivity index is 1.96. The number of hydrogen-bond acceptors (Lipinski definition) is 7. The maximum Gasteiger partial charge on any atom is 0.369 e. The number of tetrazole rings is 1. The standard InChI is InChI=1S/C11H9FN6O2S/c1-17-11(19)18(16-15-17)9-7(8(12)2-3-13-9)6-20-10-14-4-5-21-10/h2-5H,6H2,1H3/i4T. The average Bonchev–Trinajstić information content (AvgIpc) is 3.05. The number of nitrogens with zero attached hydrogens (tertiary/aromatic N) is 6. The fourth-order valence-corrected chi connectivity index (χ4v) is 2.04. The molecule has 21 heavy (non-hydrogen) atoms. The molecule has 0 saturated carbocycles. The van der Waals surface area contributed by atoms with Crippen molar-refractivity contribution in [3.63, 3.8) is 0 Å². The molecule has 0 aliphatic carbocycles. The average molecular weight is 310 g/mol. The number of aromatic nitrogens is 6. The van der Waals surface area contributed by atoms with Gasteiger partial charge in [-0.05, 0) is 16.5 Å². The van der Waals surface area contributed by atoms with Gasteiger partial charge in [0.15, 0.2) is 5.82 Å². The van der Waals surface area contributed by atoms with Gasteiger partial charge >= 0.3 is 5.69 Å². The molecular formula is C11H9FN6O2S. The van der Waals surface area contributed by atoms with Crippen molar-refractivity contribution >= 4 is 11.3 Å². The summed E-state index contributed by atoms with van der Waals surface area (Å²) >= 11 is 1.12. The summed E-state index contributed by atoms with van der Waals surface area (Å²) in [6.07, 6.45) is 1.29. The summed E-state index contributed by atoms with van der Waals surface area (Å²) in [4.78, 5) is 19.6. The van der Waals surface area contributed by atoms with E-state index in [4.69, 9.17) is 6.11 Å². The van der Waals surface area contributed by atoms with E-state index in [1.165, 1.54) is 18.6 Å². The minimum absolute atomic E-state index is 0.000697. The van der Waals surface area contributed by atoms with Crippen molar-refractivity contribution in [2.45, 2.75) is 6.61 Å². The van der Waals surface area contributed by atoms with Crippen LogP contribution in [0.25, 0.3) is 5.82 Å². The highest BCUT2D eigenvalue weighted by molar-refractivity contribution is 7.11. The predicted molar refractivity (Wildman–Crippen MR) is 70.8 cm³/mol. The van der Waals surface area contributed by atoms with Crippen LogP contribution in [-0.2, 0) is 13.7 Å². The molecule has 0 radical (unpaired) electrons. The Bertz CT molecular complexity index is 876. The fraction of sp³-hybridized carbons (Fsp3) is 0.182. The highest BCUT2D eigenvalue weighted by Crippen LogP contribution is 2.19. The lowest BCUT2D eigenvalue weighted by atomic mass is 10.2. The second-order valence-corrected chi connectivity index (χ2v) is 4.74. The number of aryl methyl sites for hydroxylation is 1. The highest BCUT2D eigenvalue weighted by Gasteiger charge is 2.17. The Kier molecular flexibility index (Phi) is 3.12. The van der Waals surface area contributed by atoms with Crippen LogP contribution in [0.3, 0.4) is 0 Å². The van der Waals surface area contributed by atoms with Crippen LogP contribution >= 0.6 is 11.3 Å². The van der Waals surface area contributed by atoms with Gasteiger partial charge in [0.05, 0.1) is 6.93 Å². The maximum atomic E-state index is 14.0.